The summed E-state index contributed by atoms with van der Waals surface area (Å²) < 4.78 is 6.25. The number of rotatable bonds is 10. The van der Waals surface area contributed by atoms with Gasteiger partial charge in [-0.15, -0.1) is 0 Å². The van der Waals surface area contributed by atoms with Crippen molar-refractivity contribution in [3.8, 4) is 5.75 Å². The number of carbonyl (C=O) groups is 11. The first kappa shape index (κ1) is 68.5. The Hall–Kier alpha value is -6.33. The molecule has 29 heteroatoms. The van der Waals surface area contributed by atoms with Gasteiger partial charge in [-0.1, -0.05) is 31.5 Å². The molecule has 84 heavy (non-hydrogen) atoms. The average molecular weight is 1230 g/mol. The Morgan fingerprint density at radius 3 is 1.92 bits per heavy atom. The number of aliphatic hydroxyl groups excluding tert-OH is 1. The number of ether oxygens (including phenoxy) is 1. The van der Waals surface area contributed by atoms with Crippen molar-refractivity contribution in [3.63, 3.8) is 0 Å². The quantitative estimate of drug-likeness (QED) is 0.140. The topological polar surface area (TPSA) is 382 Å². The molecule has 4 aliphatic rings. The van der Waals surface area contributed by atoms with Crippen LogP contribution in [0.2, 0.25) is 0 Å². The summed E-state index contributed by atoms with van der Waals surface area (Å²) in [5, 5.41) is 33.3. The third-order valence-corrected chi connectivity index (χ3v) is 17.7. The summed E-state index contributed by atoms with van der Waals surface area (Å²) in [6, 6.07) is -5.75. The molecular weight excluding hydrogens is 1150 g/mol. The van der Waals surface area contributed by atoms with E-state index in [1.807, 2.05) is 31.4 Å². The van der Waals surface area contributed by atoms with Crippen LogP contribution in [0.4, 0.5) is 0 Å². The molecule has 0 saturated carbocycles. The molecule has 4 heterocycles. The molecule has 11 atom stereocenters. The number of fused-ring (bicyclic) bond motifs is 7. The molecule has 2 saturated heterocycles. The van der Waals surface area contributed by atoms with Crippen LogP contribution in [0.25, 0.3) is 0 Å². The minimum Gasteiger partial charge on any atom is -0.494 e. The Kier molecular flexibility index (Phi) is 28.2. The zero-order valence-electron chi connectivity index (χ0n) is 48.5. The second kappa shape index (κ2) is 34.6. The zero-order chi connectivity index (χ0) is 61.5. The van der Waals surface area contributed by atoms with E-state index in [0.717, 1.165) is 30.2 Å². The Morgan fingerprint density at radius 2 is 1.30 bits per heavy atom. The van der Waals surface area contributed by atoms with Crippen molar-refractivity contribution in [3.05, 3.63) is 29.3 Å². The van der Waals surface area contributed by atoms with Crippen LogP contribution in [0.1, 0.15) is 116 Å². The molecule has 4 bridgehead atoms. The molecule has 0 spiro atoms. The molecule has 0 radical (unpaired) electrons. The van der Waals surface area contributed by atoms with Gasteiger partial charge in [-0.25, -0.2) is 0 Å². The smallest absolute Gasteiger partial charge is 0.266 e. The molecule has 4 aliphatic heterocycles. The van der Waals surface area contributed by atoms with Gasteiger partial charge in [-0.05, 0) is 119 Å². The second-order valence-corrected chi connectivity index (χ2v) is 24.5. The van der Waals surface area contributed by atoms with Crippen LogP contribution in [0.5, 0.6) is 5.75 Å². The monoisotopic (exact) mass is 1230 g/mol. The van der Waals surface area contributed by atoms with Gasteiger partial charge in [0.05, 0.1) is 12.7 Å². The van der Waals surface area contributed by atoms with Crippen molar-refractivity contribution in [2.45, 2.75) is 177 Å². The first-order valence-corrected chi connectivity index (χ1v) is 32.4. The predicted molar refractivity (Wildman–Crippen MR) is 318 cm³/mol. The normalized spacial score (nSPS) is 27.9. The van der Waals surface area contributed by atoms with Gasteiger partial charge in [-0.2, -0.15) is 35.3 Å². The predicted octanol–water partition coefficient (Wildman–Crippen LogP) is -0.552. The molecule has 11 amide bonds. The fraction of sp³-hybridized carbons (Fsp3) is 0.673. The number of thioether (sulfide) groups is 3. The number of aliphatic hydroxyl groups is 1. The highest BCUT2D eigenvalue weighted by Crippen LogP contribution is 2.28. The molecule has 0 aromatic heterocycles. The number of primary amides is 2. The van der Waals surface area contributed by atoms with E-state index in [1.165, 1.54) is 58.9 Å². The van der Waals surface area contributed by atoms with E-state index in [0.29, 0.717) is 50.2 Å². The number of amides is 11. The first-order chi connectivity index (χ1) is 40.1. The largest absolute Gasteiger partial charge is 0.494 e. The fourth-order valence-electron chi connectivity index (χ4n) is 9.94. The lowest BCUT2D eigenvalue weighted by Gasteiger charge is -2.33. The molecule has 12 N–H and O–H groups in total. The van der Waals surface area contributed by atoms with E-state index in [-0.39, 0.29) is 74.8 Å². The van der Waals surface area contributed by atoms with Crippen molar-refractivity contribution < 1.29 is 67.4 Å². The summed E-state index contributed by atoms with van der Waals surface area (Å²) in [7, 11) is 0. The maximum atomic E-state index is 14.9. The Bertz CT molecular complexity index is 2530. The van der Waals surface area contributed by atoms with E-state index in [4.69, 9.17) is 21.0 Å². The van der Waals surface area contributed by atoms with Crippen LogP contribution >= 0.6 is 35.3 Å². The molecule has 26 nitrogen and oxygen atoms in total. The van der Waals surface area contributed by atoms with Gasteiger partial charge >= 0.3 is 0 Å². The van der Waals surface area contributed by atoms with Gasteiger partial charge in [0.1, 0.15) is 72.9 Å². The lowest BCUT2D eigenvalue weighted by atomic mass is 9.97. The minimum atomic E-state index is -1.57. The van der Waals surface area contributed by atoms with Crippen molar-refractivity contribution in [1.29, 1.82) is 0 Å². The third-order valence-electron chi connectivity index (χ3n) is 14.9. The van der Waals surface area contributed by atoms with E-state index >= 15 is 0 Å². The van der Waals surface area contributed by atoms with Crippen LogP contribution in [0.15, 0.2) is 23.4 Å². The highest BCUT2D eigenvalue weighted by molar-refractivity contribution is 7.99. The third kappa shape index (κ3) is 21.0. The number of nitrogens with one attached hydrogen (secondary N) is 7. The summed E-state index contributed by atoms with van der Waals surface area (Å²) in [5.74, 6) is -7.32. The van der Waals surface area contributed by atoms with Crippen LogP contribution in [0.3, 0.4) is 0 Å². The van der Waals surface area contributed by atoms with Crippen molar-refractivity contribution in [2.75, 3.05) is 49.8 Å². The summed E-state index contributed by atoms with van der Waals surface area (Å²) in [5.41, 5.74) is 12.8. The van der Waals surface area contributed by atoms with Gasteiger partial charge in [-0.3, -0.25) is 52.7 Å². The molecule has 466 valence electrons. The number of carbonyl (C=O) groups excluding carboxylic acids is 11. The summed E-state index contributed by atoms with van der Waals surface area (Å²) in [4.78, 5) is 160. The number of nitrogens with two attached hydrogens (primary N) is 2. The van der Waals surface area contributed by atoms with Crippen LogP contribution in [-0.4, -0.2) is 196 Å². The molecule has 1 aromatic rings. The van der Waals surface area contributed by atoms with Gasteiger partial charge in [0.25, 0.3) is 5.91 Å². The average Bonchev–Trinajstić information content (AvgIpc) is 4.30. The maximum absolute atomic E-state index is 14.9. The number of oxime groups is 1. The Morgan fingerprint density at radius 1 is 0.702 bits per heavy atom. The molecule has 1 aromatic carbocycles. The van der Waals surface area contributed by atoms with Crippen LogP contribution in [0, 0.1) is 5.92 Å². The Balaban J connectivity index is 1.54. The lowest BCUT2D eigenvalue weighted by molar-refractivity contribution is -0.144. The fourth-order valence-corrected chi connectivity index (χ4v) is 12.4. The summed E-state index contributed by atoms with van der Waals surface area (Å²) in [6.45, 7) is 7.06. The van der Waals surface area contributed by atoms with E-state index in [2.05, 4.69) is 42.4 Å². The highest BCUT2D eigenvalue weighted by atomic mass is 32.2. The van der Waals surface area contributed by atoms with Crippen LogP contribution < -0.4 is 53.4 Å². The van der Waals surface area contributed by atoms with Crippen molar-refractivity contribution in [1.82, 2.24) is 47.0 Å². The number of nitrogens with zero attached hydrogens (tertiary/aromatic N) is 3. The van der Waals surface area contributed by atoms with Gasteiger partial charge in [0.2, 0.25) is 59.1 Å². The Labute approximate surface area is 502 Å². The molecule has 5 rings (SSSR count). The zero-order valence-corrected chi connectivity index (χ0v) is 50.9. The summed E-state index contributed by atoms with van der Waals surface area (Å²) >= 11 is 3.94. The number of benzene rings is 1. The number of hydrogen-bond donors (Lipinski definition) is 10. The van der Waals surface area contributed by atoms with Gasteiger partial charge < -0.3 is 73.2 Å². The summed E-state index contributed by atoms with van der Waals surface area (Å²) in [6.07, 6.45) is 5.25. The van der Waals surface area contributed by atoms with E-state index in [1.54, 1.807) is 6.92 Å². The van der Waals surface area contributed by atoms with Gasteiger partial charge in [0, 0.05) is 42.5 Å². The molecular formula is C55H84N12O14S3. The SMILES string of the molecule is CC[C@H](C)[C@@H]1NC(=O)[C@H](C)NC(=O)[C@H](CCSC)NC(=O)[C@@H]2CCCN2C(=O)[C@@H]2CSCc3cc(cc(c3)OCCCCCCO/N=C/C(=O)N[C@@H](CCC(N)=O)C(=O)N2)CSC[C@@H](C(N)=O)NC(=O)[C@H]([C@@H](C)O)NC(=O)[C@@H]2CCCN2C1=O. The lowest BCUT2D eigenvalue weighted by Crippen LogP contribution is -2.61. The second-order valence-electron chi connectivity index (χ2n) is 21.5. The van der Waals surface area contributed by atoms with Crippen molar-refractivity contribution >= 4 is 106 Å². The van der Waals surface area contributed by atoms with Crippen LogP contribution in [-0.2, 0) is 69.1 Å². The van der Waals surface area contributed by atoms with E-state index in [9.17, 15) is 57.8 Å². The molecule has 2 fully saturated rings. The van der Waals surface area contributed by atoms with E-state index < -0.39 is 131 Å². The highest BCUT2D eigenvalue weighted by Gasteiger charge is 2.43. The molecule has 0 unspecified atom stereocenters. The van der Waals surface area contributed by atoms with Gasteiger partial charge in [0.15, 0.2) is 0 Å². The molecule has 0 aliphatic carbocycles. The minimum absolute atomic E-state index is 0.0278. The number of hydrogen-bond acceptors (Lipinski definition) is 18. The standard InChI is InChI=1S/C55H84N12O14S3/c1-6-31(2)45-55(79)67-19-12-14-42(67)52(76)65-46(33(4)68)53(77)62-39(47(57)71)29-83-27-34-23-35-25-36(24-34)80-20-9-7-8-10-21-81-58-26-44(70)60-37(15-16-43(56)69)50(74)63-40(30-84-28-35)54(78)66-18-11-13-41(66)51(75)61-38(17-22-82-5)49(73)59-32(3)48(72)64-45/h23-26,31-33,37-42,45-46,68H,6-22,27-30H2,1-5H3,(H2,56,69)(H2,57,71)(H,59,73)(H,60,70)(H,61,75)(H,62,77)(H,63,74)(H,64,72)(H,65,76)/b58-26+/t31-,32-,33+,37-,38-,39-,40-,41-,42-,45-,46-/m0/s1. The maximum Gasteiger partial charge on any atom is 0.266 e. The first-order valence-electron chi connectivity index (χ1n) is 28.7. The van der Waals surface area contributed by atoms with Crippen molar-refractivity contribution in [2.24, 2.45) is 22.5 Å².